The molecule has 0 spiro atoms. The first-order valence-corrected chi connectivity index (χ1v) is 6.24. The van der Waals surface area contributed by atoms with E-state index in [2.05, 4.69) is 15.4 Å². The highest BCUT2D eigenvalue weighted by atomic mass is 16.3. The molecule has 0 unspecified atom stereocenters. The zero-order valence-electron chi connectivity index (χ0n) is 11.1. The number of aromatic nitrogens is 3. The molecule has 0 saturated heterocycles. The molecule has 7 heteroatoms. The summed E-state index contributed by atoms with van der Waals surface area (Å²) in [5, 5.41) is 16.6. The van der Waals surface area contributed by atoms with Crippen molar-refractivity contribution < 1.29 is 9.90 Å². The number of anilines is 1. The molecule has 2 aromatic heterocycles. The van der Waals surface area contributed by atoms with Crippen molar-refractivity contribution in [3.63, 3.8) is 0 Å². The van der Waals surface area contributed by atoms with Crippen LogP contribution in [0, 0.1) is 0 Å². The number of nitrogens with one attached hydrogen (secondary N) is 2. The van der Waals surface area contributed by atoms with E-state index >= 15 is 0 Å². The molecule has 1 aromatic carbocycles. The van der Waals surface area contributed by atoms with Gasteiger partial charge in [0.1, 0.15) is 16.7 Å². The molecule has 0 fully saturated rings. The van der Waals surface area contributed by atoms with Crippen LogP contribution in [-0.4, -0.2) is 25.8 Å². The van der Waals surface area contributed by atoms with E-state index < -0.39 is 5.56 Å². The zero-order chi connectivity index (χ0) is 15.0. The van der Waals surface area contributed by atoms with Gasteiger partial charge in [-0.25, -0.2) is 4.68 Å². The van der Waals surface area contributed by atoms with Gasteiger partial charge in [0, 0.05) is 13.0 Å². The van der Waals surface area contributed by atoms with Crippen LogP contribution in [0.3, 0.4) is 0 Å². The van der Waals surface area contributed by atoms with Crippen LogP contribution >= 0.6 is 0 Å². The lowest BCUT2D eigenvalue weighted by Gasteiger charge is -2.07. The lowest BCUT2D eigenvalue weighted by molar-refractivity contribution is -0.114. The highest BCUT2D eigenvalue weighted by molar-refractivity contribution is 5.99. The Balaban J connectivity index is 2.36. The molecule has 0 atom stereocenters. The fraction of sp³-hybridized carbons (Fsp3) is 0.0714. The molecule has 0 saturated carbocycles. The Kier molecular flexibility index (Phi) is 2.94. The van der Waals surface area contributed by atoms with E-state index in [0.717, 1.165) is 0 Å². The topological polar surface area (TPSA) is 100 Å². The second-order valence-corrected chi connectivity index (χ2v) is 4.52. The van der Waals surface area contributed by atoms with Crippen molar-refractivity contribution in [2.24, 2.45) is 0 Å². The summed E-state index contributed by atoms with van der Waals surface area (Å²) in [6.45, 7) is 1.35. The van der Waals surface area contributed by atoms with Crippen LogP contribution in [-0.2, 0) is 4.79 Å². The molecule has 3 aromatic rings. The number of hydrogen-bond donors (Lipinski definition) is 3. The molecular weight excluding hydrogens is 272 g/mol. The Morgan fingerprint density at radius 1 is 1.33 bits per heavy atom. The first-order valence-electron chi connectivity index (χ1n) is 6.24. The van der Waals surface area contributed by atoms with Gasteiger partial charge in [-0.05, 0) is 12.1 Å². The molecule has 2 heterocycles. The van der Waals surface area contributed by atoms with E-state index in [0.29, 0.717) is 11.2 Å². The second kappa shape index (κ2) is 4.78. The van der Waals surface area contributed by atoms with Gasteiger partial charge in [0.2, 0.25) is 5.91 Å². The van der Waals surface area contributed by atoms with Gasteiger partial charge in [-0.3, -0.25) is 14.6 Å². The lowest BCUT2D eigenvalue weighted by atomic mass is 10.3. The summed E-state index contributed by atoms with van der Waals surface area (Å²) in [5.74, 6) is -0.328. The van der Waals surface area contributed by atoms with Crippen molar-refractivity contribution >= 4 is 22.6 Å². The minimum absolute atomic E-state index is 0.215. The summed E-state index contributed by atoms with van der Waals surface area (Å²) < 4.78 is 1.46. The average molecular weight is 284 g/mol. The number of H-pyrrole nitrogens is 1. The van der Waals surface area contributed by atoms with E-state index in [1.807, 2.05) is 18.2 Å². The van der Waals surface area contributed by atoms with Crippen LogP contribution in [0.1, 0.15) is 6.92 Å². The van der Waals surface area contributed by atoms with Crippen LogP contribution in [0.4, 0.5) is 5.82 Å². The number of para-hydroxylation sites is 1. The van der Waals surface area contributed by atoms with Crippen LogP contribution < -0.4 is 10.9 Å². The van der Waals surface area contributed by atoms with Crippen molar-refractivity contribution in [1.29, 1.82) is 0 Å². The first kappa shape index (κ1) is 12.9. The highest BCUT2D eigenvalue weighted by Gasteiger charge is 2.17. The average Bonchev–Trinajstić information content (AvgIpc) is 2.77. The van der Waals surface area contributed by atoms with E-state index in [1.165, 1.54) is 17.7 Å². The number of hydrogen-bond acceptors (Lipinski definition) is 4. The number of fused-ring (bicyclic) bond motifs is 1. The predicted molar refractivity (Wildman–Crippen MR) is 77.7 cm³/mol. The van der Waals surface area contributed by atoms with E-state index in [4.69, 9.17) is 0 Å². The minimum Gasteiger partial charge on any atom is -0.494 e. The number of rotatable bonds is 2. The number of aromatic amines is 1. The SMILES string of the molecule is CC(=O)Nc1c2c(=O)[nH]c(O)cc2nn1-c1ccccc1. The number of carbonyl (C=O) groups is 1. The van der Waals surface area contributed by atoms with Crippen molar-refractivity contribution in [2.45, 2.75) is 6.92 Å². The third kappa shape index (κ3) is 2.25. The van der Waals surface area contributed by atoms with Gasteiger partial charge in [-0.15, -0.1) is 0 Å². The summed E-state index contributed by atoms with van der Waals surface area (Å²) in [7, 11) is 0. The van der Waals surface area contributed by atoms with Gasteiger partial charge in [0.15, 0.2) is 5.88 Å². The van der Waals surface area contributed by atoms with Gasteiger partial charge in [0.05, 0.1) is 5.69 Å². The number of nitrogens with zero attached hydrogens (tertiary/aromatic N) is 2. The van der Waals surface area contributed by atoms with Crippen LogP contribution in [0.2, 0.25) is 0 Å². The third-order valence-corrected chi connectivity index (χ3v) is 2.95. The third-order valence-electron chi connectivity index (χ3n) is 2.95. The normalized spacial score (nSPS) is 10.7. The van der Waals surface area contributed by atoms with Gasteiger partial charge in [-0.2, -0.15) is 5.10 Å². The van der Waals surface area contributed by atoms with E-state index in [1.54, 1.807) is 12.1 Å². The minimum atomic E-state index is -0.518. The number of aromatic hydroxyl groups is 1. The van der Waals surface area contributed by atoms with Crippen LogP contribution in [0.5, 0.6) is 5.88 Å². The smallest absolute Gasteiger partial charge is 0.264 e. The molecule has 106 valence electrons. The molecule has 0 aliphatic rings. The Morgan fingerprint density at radius 2 is 2.05 bits per heavy atom. The zero-order valence-corrected chi connectivity index (χ0v) is 11.1. The maximum Gasteiger partial charge on any atom is 0.264 e. The first-order chi connectivity index (χ1) is 10.1. The summed E-state index contributed by atoms with van der Waals surface area (Å²) in [6, 6.07) is 10.4. The fourth-order valence-electron chi connectivity index (χ4n) is 2.14. The standard InChI is InChI=1S/C14H12N4O3/c1-8(19)15-13-12-10(7-11(20)16-14(12)21)17-18(13)9-5-3-2-4-6-9/h2-7,20H,1H3,(H,15,19)(H,16,21). The van der Waals surface area contributed by atoms with Crippen molar-refractivity contribution in [1.82, 2.24) is 14.8 Å². The highest BCUT2D eigenvalue weighted by Crippen LogP contribution is 2.25. The van der Waals surface area contributed by atoms with Crippen LogP contribution in [0.25, 0.3) is 16.6 Å². The summed E-state index contributed by atoms with van der Waals surface area (Å²) in [5.41, 5.74) is 0.469. The molecule has 7 nitrogen and oxygen atoms in total. The molecule has 0 radical (unpaired) electrons. The Morgan fingerprint density at radius 3 is 2.71 bits per heavy atom. The van der Waals surface area contributed by atoms with Gasteiger partial charge in [0.25, 0.3) is 5.56 Å². The summed E-state index contributed by atoms with van der Waals surface area (Å²) in [6.07, 6.45) is 0. The molecule has 0 aliphatic carbocycles. The maximum absolute atomic E-state index is 12.0. The molecular formula is C14H12N4O3. The quantitative estimate of drug-likeness (QED) is 0.661. The maximum atomic E-state index is 12.0. The van der Waals surface area contributed by atoms with Crippen molar-refractivity contribution in [3.05, 3.63) is 46.8 Å². The van der Waals surface area contributed by atoms with E-state index in [9.17, 15) is 14.7 Å². The predicted octanol–water partition coefficient (Wildman–Crippen LogP) is 1.38. The van der Waals surface area contributed by atoms with E-state index in [-0.39, 0.29) is 23.0 Å². The fourth-order valence-corrected chi connectivity index (χ4v) is 2.14. The summed E-state index contributed by atoms with van der Waals surface area (Å²) >= 11 is 0. The number of carbonyl (C=O) groups excluding carboxylic acids is 1. The molecule has 1 amide bonds. The lowest BCUT2D eigenvalue weighted by Crippen LogP contribution is -2.14. The number of benzene rings is 1. The molecule has 21 heavy (non-hydrogen) atoms. The monoisotopic (exact) mass is 284 g/mol. The number of amides is 1. The summed E-state index contributed by atoms with van der Waals surface area (Å²) in [4.78, 5) is 25.7. The second-order valence-electron chi connectivity index (χ2n) is 4.52. The Hall–Kier alpha value is -3.09. The van der Waals surface area contributed by atoms with Gasteiger partial charge < -0.3 is 10.4 Å². The largest absolute Gasteiger partial charge is 0.494 e. The molecule has 3 N–H and O–H groups in total. The molecule has 0 bridgehead atoms. The van der Waals surface area contributed by atoms with Gasteiger partial charge in [-0.1, -0.05) is 18.2 Å². The van der Waals surface area contributed by atoms with Crippen molar-refractivity contribution in [3.8, 4) is 11.6 Å². The Labute approximate surface area is 118 Å². The Bertz CT molecular complexity index is 880. The van der Waals surface area contributed by atoms with Gasteiger partial charge >= 0.3 is 0 Å². The van der Waals surface area contributed by atoms with Crippen molar-refractivity contribution in [2.75, 3.05) is 5.32 Å². The number of pyridine rings is 1. The van der Waals surface area contributed by atoms with Crippen LogP contribution in [0.15, 0.2) is 41.2 Å². The molecule has 0 aliphatic heterocycles. The molecule has 3 rings (SSSR count).